The van der Waals surface area contributed by atoms with E-state index >= 15 is 0 Å². The summed E-state index contributed by atoms with van der Waals surface area (Å²) in [5.41, 5.74) is 1.67. The molecule has 1 fully saturated rings. The lowest BCUT2D eigenvalue weighted by molar-refractivity contribution is -0.116. The molecule has 0 atom stereocenters. The number of carbonyl (C=O) groups excluding carboxylic acids is 1. The summed E-state index contributed by atoms with van der Waals surface area (Å²) in [6.45, 7) is -0.114. The molecule has 30 heavy (non-hydrogen) atoms. The number of halogens is 1. The fourth-order valence-corrected chi connectivity index (χ4v) is 3.68. The van der Waals surface area contributed by atoms with Gasteiger partial charge in [-0.05, 0) is 43.2 Å². The Hall–Kier alpha value is -3.45. The van der Waals surface area contributed by atoms with E-state index in [1.54, 1.807) is 28.9 Å². The van der Waals surface area contributed by atoms with Crippen molar-refractivity contribution in [1.82, 2.24) is 19.3 Å². The Kier molecular flexibility index (Phi) is 4.59. The van der Waals surface area contributed by atoms with E-state index < -0.39 is 0 Å². The Labute approximate surface area is 176 Å². The van der Waals surface area contributed by atoms with Gasteiger partial charge in [-0.3, -0.25) is 14.2 Å². The monoisotopic (exact) mass is 419 g/mol. The van der Waals surface area contributed by atoms with Crippen molar-refractivity contribution in [2.24, 2.45) is 0 Å². The Morgan fingerprint density at radius 1 is 1.13 bits per heavy atom. The van der Waals surface area contributed by atoms with Crippen LogP contribution in [0.2, 0.25) is 5.02 Å². The zero-order chi connectivity index (χ0) is 20.7. The zero-order valence-corrected chi connectivity index (χ0v) is 16.7. The third-order valence-electron chi connectivity index (χ3n) is 5.07. The normalized spacial score (nSPS) is 13.5. The minimum atomic E-state index is -0.308. The summed E-state index contributed by atoms with van der Waals surface area (Å²) in [5, 5.41) is 8.08. The molecule has 4 aromatic rings. The van der Waals surface area contributed by atoms with Crippen molar-refractivity contribution in [3.05, 3.63) is 82.0 Å². The van der Waals surface area contributed by atoms with E-state index in [1.165, 1.54) is 10.8 Å². The van der Waals surface area contributed by atoms with Crippen molar-refractivity contribution < 1.29 is 4.79 Å². The van der Waals surface area contributed by atoms with Crippen molar-refractivity contribution in [3.8, 4) is 5.69 Å². The SMILES string of the molecule is O=C(Cn1c(C2CC2)nc2c(cnn2-c2ccccc2)c1=O)Nc1cccc(Cl)c1. The molecule has 0 unspecified atom stereocenters. The molecular weight excluding hydrogens is 402 g/mol. The summed E-state index contributed by atoms with van der Waals surface area (Å²) in [6, 6.07) is 16.5. The number of amides is 1. The number of nitrogens with zero attached hydrogens (tertiary/aromatic N) is 4. The van der Waals surface area contributed by atoms with Crippen LogP contribution in [0.5, 0.6) is 0 Å². The summed E-state index contributed by atoms with van der Waals surface area (Å²) in [4.78, 5) is 30.6. The standard InChI is InChI=1S/C22H18ClN5O2/c23-15-5-4-6-16(11-15)25-19(29)13-27-20(14-9-10-14)26-21-18(22(27)30)12-24-28(21)17-7-2-1-3-8-17/h1-8,11-12,14H,9-10,13H2,(H,25,29). The summed E-state index contributed by atoms with van der Waals surface area (Å²) >= 11 is 5.98. The van der Waals surface area contributed by atoms with Crippen LogP contribution in [0.25, 0.3) is 16.7 Å². The minimum absolute atomic E-state index is 0.114. The van der Waals surface area contributed by atoms with Crippen LogP contribution in [0.15, 0.2) is 65.6 Å². The van der Waals surface area contributed by atoms with Crippen molar-refractivity contribution in [2.45, 2.75) is 25.3 Å². The number of fused-ring (bicyclic) bond motifs is 1. The molecule has 1 amide bonds. The minimum Gasteiger partial charge on any atom is -0.324 e. The highest BCUT2D eigenvalue weighted by Gasteiger charge is 2.31. The first-order valence-corrected chi connectivity index (χ1v) is 10.1. The van der Waals surface area contributed by atoms with Crippen molar-refractivity contribution in [2.75, 3.05) is 5.32 Å². The van der Waals surface area contributed by atoms with E-state index in [1.807, 2.05) is 30.3 Å². The molecule has 0 saturated heterocycles. The zero-order valence-electron chi connectivity index (χ0n) is 16.0. The first-order chi connectivity index (χ1) is 14.6. The van der Waals surface area contributed by atoms with E-state index in [0.717, 1.165) is 18.5 Å². The number of aromatic nitrogens is 4. The van der Waals surface area contributed by atoms with Crippen LogP contribution in [0.3, 0.4) is 0 Å². The van der Waals surface area contributed by atoms with E-state index in [2.05, 4.69) is 10.4 Å². The fraction of sp³-hybridized carbons (Fsp3) is 0.182. The number of rotatable bonds is 5. The van der Waals surface area contributed by atoms with Gasteiger partial charge in [-0.25, -0.2) is 9.67 Å². The maximum atomic E-state index is 13.2. The van der Waals surface area contributed by atoms with Gasteiger partial charge < -0.3 is 5.32 Å². The van der Waals surface area contributed by atoms with Gasteiger partial charge in [0.05, 0.1) is 11.9 Å². The van der Waals surface area contributed by atoms with Crippen LogP contribution < -0.4 is 10.9 Å². The summed E-state index contributed by atoms with van der Waals surface area (Å²) in [5.74, 6) is 0.504. The lowest BCUT2D eigenvalue weighted by Crippen LogP contribution is -2.31. The van der Waals surface area contributed by atoms with Crippen molar-refractivity contribution >= 4 is 34.2 Å². The molecule has 0 bridgehead atoms. The Morgan fingerprint density at radius 2 is 1.93 bits per heavy atom. The summed E-state index contributed by atoms with van der Waals surface area (Å²) in [7, 11) is 0. The van der Waals surface area contributed by atoms with E-state index in [-0.39, 0.29) is 23.9 Å². The average molecular weight is 420 g/mol. The molecule has 2 aromatic heterocycles. The highest BCUT2D eigenvalue weighted by Crippen LogP contribution is 2.39. The second-order valence-electron chi connectivity index (χ2n) is 7.32. The number of carbonyl (C=O) groups is 1. The molecule has 1 N–H and O–H groups in total. The second kappa shape index (κ2) is 7.42. The van der Waals surface area contributed by atoms with Crippen molar-refractivity contribution in [1.29, 1.82) is 0 Å². The van der Waals surface area contributed by atoms with E-state index in [4.69, 9.17) is 16.6 Å². The molecule has 2 heterocycles. The van der Waals surface area contributed by atoms with Gasteiger partial charge in [-0.15, -0.1) is 0 Å². The molecule has 2 aromatic carbocycles. The maximum Gasteiger partial charge on any atom is 0.265 e. The van der Waals surface area contributed by atoms with Crippen LogP contribution >= 0.6 is 11.6 Å². The molecule has 8 heteroatoms. The average Bonchev–Trinajstić information content (AvgIpc) is 3.49. The molecule has 7 nitrogen and oxygen atoms in total. The van der Waals surface area contributed by atoms with Crippen LogP contribution in [-0.2, 0) is 11.3 Å². The molecule has 150 valence electrons. The predicted octanol–water partition coefficient (Wildman–Crippen LogP) is 3.75. The van der Waals surface area contributed by atoms with Gasteiger partial charge in [0, 0.05) is 16.6 Å². The van der Waals surface area contributed by atoms with Gasteiger partial charge in [-0.2, -0.15) is 5.10 Å². The van der Waals surface area contributed by atoms with Gasteiger partial charge in [-0.1, -0.05) is 35.9 Å². The smallest absolute Gasteiger partial charge is 0.265 e. The molecule has 0 radical (unpaired) electrons. The first kappa shape index (κ1) is 18.6. The first-order valence-electron chi connectivity index (χ1n) is 9.69. The Bertz CT molecular complexity index is 1310. The van der Waals surface area contributed by atoms with Gasteiger partial charge in [0.1, 0.15) is 17.8 Å². The molecule has 5 rings (SSSR count). The second-order valence-corrected chi connectivity index (χ2v) is 7.76. The van der Waals surface area contributed by atoms with Crippen LogP contribution in [0.4, 0.5) is 5.69 Å². The predicted molar refractivity (Wildman–Crippen MR) is 115 cm³/mol. The van der Waals surface area contributed by atoms with Gasteiger partial charge in [0.25, 0.3) is 5.56 Å². The summed E-state index contributed by atoms with van der Waals surface area (Å²) in [6.07, 6.45) is 3.42. The number of hydrogen-bond acceptors (Lipinski definition) is 4. The lowest BCUT2D eigenvalue weighted by Gasteiger charge is -2.13. The number of benzene rings is 2. The van der Waals surface area contributed by atoms with Crippen LogP contribution in [-0.4, -0.2) is 25.2 Å². The third kappa shape index (κ3) is 3.48. The molecule has 1 saturated carbocycles. The third-order valence-corrected chi connectivity index (χ3v) is 5.30. The largest absolute Gasteiger partial charge is 0.324 e. The lowest BCUT2D eigenvalue weighted by atomic mass is 10.3. The highest BCUT2D eigenvalue weighted by atomic mass is 35.5. The maximum absolute atomic E-state index is 13.2. The molecule has 1 aliphatic rings. The molecule has 1 aliphatic carbocycles. The molecule has 0 aliphatic heterocycles. The van der Waals surface area contributed by atoms with Crippen molar-refractivity contribution in [3.63, 3.8) is 0 Å². The van der Waals surface area contributed by atoms with Crippen LogP contribution in [0, 0.1) is 0 Å². The van der Waals surface area contributed by atoms with Crippen LogP contribution in [0.1, 0.15) is 24.6 Å². The molecule has 0 spiro atoms. The number of para-hydroxylation sites is 1. The van der Waals surface area contributed by atoms with Gasteiger partial charge in [0.15, 0.2) is 5.65 Å². The Balaban J connectivity index is 1.54. The van der Waals surface area contributed by atoms with E-state index in [9.17, 15) is 9.59 Å². The topological polar surface area (TPSA) is 81.8 Å². The highest BCUT2D eigenvalue weighted by molar-refractivity contribution is 6.30. The van der Waals surface area contributed by atoms with Gasteiger partial charge >= 0.3 is 0 Å². The molecular formula is C22H18ClN5O2. The Morgan fingerprint density at radius 3 is 2.67 bits per heavy atom. The number of nitrogens with one attached hydrogen (secondary N) is 1. The summed E-state index contributed by atoms with van der Waals surface area (Å²) < 4.78 is 3.13. The fourth-order valence-electron chi connectivity index (χ4n) is 3.49. The van der Waals surface area contributed by atoms with Gasteiger partial charge in [0.2, 0.25) is 5.91 Å². The quantitative estimate of drug-likeness (QED) is 0.534. The number of hydrogen-bond donors (Lipinski definition) is 1. The number of anilines is 1. The van der Waals surface area contributed by atoms with E-state index in [0.29, 0.717) is 27.6 Å².